The first-order chi connectivity index (χ1) is 10.4. The Morgan fingerprint density at radius 2 is 1.10 bits per heavy atom. The molecule has 3 aromatic carbocycles. The summed E-state index contributed by atoms with van der Waals surface area (Å²) in [7, 11) is 0. The normalized spacial score (nSPS) is 13.3. The van der Waals surface area contributed by atoms with Gasteiger partial charge in [0, 0.05) is 0 Å². The minimum Gasteiger partial charge on any atom is -0.0622 e. The Balaban J connectivity index is 1.97. The topological polar surface area (TPSA) is 0 Å². The summed E-state index contributed by atoms with van der Waals surface area (Å²) in [6.07, 6.45) is 3.58. The second-order valence-corrected chi connectivity index (χ2v) is 5.15. The SMILES string of the molecule is [C]1C(c2ccccc2)=C(c2ccccc2)c2ccccc21. The average molecular weight is 266 g/mol. The molecule has 0 amide bonds. The van der Waals surface area contributed by atoms with Gasteiger partial charge in [-0.3, -0.25) is 0 Å². The fraction of sp³-hybridized carbons (Fsp3) is 0. The van der Waals surface area contributed by atoms with Gasteiger partial charge in [-0.05, 0) is 33.4 Å². The summed E-state index contributed by atoms with van der Waals surface area (Å²) in [6, 6.07) is 29.6. The van der Waals surface area contributed by atoms with Crippen molar-refractivity contribution in [2.24, 2.45) is 0 Å². The van der Waals surface area contributed by atoms with E-state index in [1.807, 2.05) is 6.07 Å². The largest absolute Gasteiger partial charge is 0.0622 e. The first kappa shape index (κ1) is 12.2. The van der Waals surface area contributed by atoms with Crippen molar-refractivity contribution in [3.8, 4) is 0 Å². The number of hydrogen-bond donors (Lipinski definition) is 0. The zero-order valence-electron chi connectivity index (χ0n) is 11.6. The molecule has 0 nitrogen and oxygen atoms in total. The van der Waals surface area contributed by atoms with Gasteiger partial charge in [0.25, 0.3) is 0 Å². The molecule has 1 aliphatic carbocycles. The van der Waals surface area contributed by atoms with Gasteiger partial charge in [-0.25, -0.2) is 0 Å². The average Bonchev–Trinajstić information content (AvgIpc) is 2.96. The molecule has 0 aliphatic heterocycles. The highest BCUT2D eigenvalue weighted by Gasteiger charge is 2.23. The highest BCUT2D eigenvalue weighted by Crippen LogP contribution is 2.43. The van der Waals surface area contributed by atoms with Crippen LogP contribution in [-0.2, 0) is 0 Å². The first-order valence-electron chi connectivity index (χ1n) is 7.15. The molecule has 0 heteroatoms. The van der Waals surface area contributed by atoms with Gasteiger partial charge in [0.15, 0.2) is 0 Å². The summed E-state index contributed by atoms with van der Waals surface area (Å²) in [5.74, 6) is 0. The lowest BCUT2D eigenvalue weighted by atomic mass is 9.94. The second kappa shape index (κ2) is 5.06. The lowest BCUT2D eigenvalue weighted by molar-refractivity contribution is 1.52. The van der Waals surface area contributed by atoms with Crippen molar-refractivity contribution in [2.45, 2.75) is 0 Å². The quantitative estimate of drug-likeness (QED) is 0.606. The first-order valence-corrected chi connectivity index (χ1v) is 7.15. The molecule has 0 saturated heterocycles. The third kappa shape index (κ3) is 2.09. The van der Waals surface area contributed by atoms with E-state index in [0.717, 1.165) is 0 Å². The van der Waals surface area contributed by atoms with Gasteiger partial charge in [0.1, 0.15) is 0 Å². The second-order valence-electron chi connectivity index (χ2n) is 5.15. The Morgan fingerprint density at radius 3 is 1.81 bits per heavy atom. The number of hydrogen-bond acceptors (Lipinski definition) is 0. The lowest BCUT2D eigenvalue weighted by Gasteiger charge is -2.09. The maximum Gasteiger partial charge on any atom is 0.0521 e. The fourth-order valence-corrected chi connectivity index (χ4v) is 2.87. The van der Waals surface area contributed by atoms with Gasteiger partial charge in [-0.15, -0.1) is 0 Å². The van der Waals surface area contributed by atoms with Gasteiger partial charge < -0.3 is 0 Å². The zero-order valence-corrected chi connectivity index (χ0v) is 11.6. The molecule has 0 atom stereocenters. The molecule has 4 rings (SSSR count). The third-order valence-electron chi connectivity index (χ3n) is 3.83. The van der Waals surface area contributed by atoms with Crippen LogP contribution in [-0.4, -0.2) is 0 Å². The minimum atomic E-state index is 1.18. The molecule has 0 bridgehead atoms. The molecule has 3 aromatic rings. The van der Waals surface area contributed by atoms with E-state index in [9.17, 15) is 0 Å². The highest BCUT2D eigenvalue weighted by molar-refractivity contribution is 6.07. The van der Waals surface area contributed by atoms with Crippen LogP contribution in [0, 0.1) is 6.42 Å². The Bertz CT molecular complexity index is 796. The van der Waals surface area contributed by atoms with Crippen molar-refractivity contribution in [2.75, 3.05) is 0 Å². The molecule has 0 unspecified atom stereocenters. The summed E-state index contributed by atoms with van der Waals surface area (Å²) in [4.78, 5) is 0. The Morgan fingerprint density at radius 1 is 0.524 bits per heavy atom. The molecule has 0 heterocycles. The van der Waals surface area contributed by atoms with E-state index in [4.69, 9.17) is 0 Å². The van der Waals surface area contributed by atoms with Crippen LogP contribution in [0.1, 0.15) is 22.3 Å². The maximum atomic E-state index is 3.58. The van der Waals surface area contributed by atoms with Crippen LogP contribution >= 0.6 is 0 Å². The maximum absolute atomic E-state index is 3.58. The Labute approximate surface area is 125 Å². The predicted octanol–water partition coefficient (Wildman–Crippen LogP) is 5.09. The van der Waals surface area contributed by atoms with Crippen LogP contribution in [0.3, 0.4) is 0 Å². The molecule has 0 spiro atoms. The Hall–Kier alpha value is -2.60. The lowest BCUT2D eigenvalue weighted by Crippen LogP contribution is -1.88. The van der Waals surface area contributed by atoms with E-state index < -0.39 is 0 Å². The molecule has 21 heavy (non-hydrogen) atoms. The molecule has 0 aromatic heterocycles. The van der Waals surface area contributed by atoms with E-state index in [2.05, 4.69) is 85.3 Å². The minimum absolute atomic E-state index is 1.18. The van der Waals surface area contributed by atoms with Gasteiger partial charge in [-0.2, -0.15) is 0 Å². The third-order valence-corrected chi connectivity index (χ3v) is 3.83. The summed E-state index contributed by atoms with van der Waals surface area (Å²) < 4.78 is 0. The standard InChI is InChI=1S/C21H14/c1-3-9-16(10-4-1)20-15-18-13-7-8-14-19(18)21(20)17-11-5-2-6-12-17/h1-14H. The van der Waals surface area contributed by atoms with E-state index >= 15 is 0 Å². The van der Waals surface area contributed by atoms with Gasteiger partial charge >= 0.3 is 0 Å². The van der Waals surface area contributed by atoms with Crippen molar-refractivity contribution in [3.63, 3.8) is 0 Å². The molecule has 0 N–H and O–H groups in total. The van der Waals surface area contributed by atoms with Crippen molar-refractivity contribution >= 4 is 11.1 Å². The molecule has 2 radical (unpaired) electrons. The molecule has 0 saturated carbocycles. The summed E-state index contributed by atoms with van der Waals surface area (Å²) in [5.41, 5.74) is 7.36. The Kier molecular flexibility index (Phi) is 2.93. The van der Waals surface area contributed by atoms with Crippen molar-refractivity contribution in [3.05, 3.63) is 114 Å². The van der Waals surface area contributed by atoms with E-state index in [0.29, 0.717) is 0 Å². The van der Waals surface area contributed by atoms with E-state index in [-0.39, 0.29) is 0 Å². The highest BCUT2D eigenvalue weighted by atomic mass is 14.3. The number of rotatable bonds is 2. The van der Waals surface area contributed by atoms with E-state index in [1.165, 1.54) is 33.4 Å². The van der Waals surface area contributed by atoms with Gasteiger partial charge in [0.05, 0.1) is 6.42 Å². The van der Waals surface area contributed by atoms with E-state index in [1.54, 1.807) is 0 Å². The fourth-order valence-electron chi connectivity index (χ4n) is 2.87. The van der Waals surface area contributed by atoms with Gasteiger partial charge in [0.2, 0.25) is 0 Å². The molecule has 1 aliphatic rings. The molecular weight excluding hydrogens is 252 g/mol. The van der Waals surface area contributed by atoms with Crippen LogP contribution in [0.25, 0.3) is 11.1 Å². The zero-order chi connectivity index (χ0) is 14.1. The van der Waals surface area contributed by atoms with Crippen LogP contribution in [0.2, 0.25) is 0 Å². The van der Waals surface area contributed by atoms with Crippen LogP contribution in [0.5, 0.6) is 0 Å². The molecule has 0 fully saturated rings. The van der Waals surface area contributed by atoms with Crippen molar-refractivity contribution in [1.82, 2.24) is 0 Å². The molecular formula is C21H14. The predicted molar refractivity (Wildman–Crippen MR) is 87.6 cm³/mol. The number of fused-ring (bicyclic) bond motifs is 1. The summed E-state index contributed by atoms with van der Waals surface area (Å²) in [5, 5.41) is 0. The number of allylic oxidation sites excluding steroid dienone is 1. The van der Waals surface area contributed by atoms with Crippen LogP contribution < -0.4 is 0 Å². The van der Waals surface area contributed by atoms with Crippen LogP contribution in [0.15, 0.2) is 84.9 Å². The molecule has 98 valence electrons. The summed E-state index contributed by atoms with van der Waals surface area (Å²) >= 11 is 0. The monoisotopic (exact) mass is 266 g/mol. The smallest absolute Gasteiger partial charge is 0.0521 e. The number of benzene rings is 3. The van der Waals surface area contributed by atoms with Crippen LogP contribution in [0.4, 0.5) is 0 Å². The van der Waals surface area contributed by atoms with Gasteiger partial charge in [-0.1, -0.05) is 84.9 Å². The van der Waals surface area contributed by atoms with Crippen molar-refractivity contribution < 1.29 is 0 Å². The summed E-state index contributed by atoms with van der Waals surface area (Å²) in [6.45, 7) is 0. The van der Waals surface area contributed by atoms with Crippen molar-refractivity contribution in [1.29, 1.82) is 0 Å².